The molecule has 26 nitrogen and oxygen atoms in total. The second kappa shape index (κ2) is 43.1. The summed E-state index contributed by atoms with van der Waals surface area (Å²) in [5, 5.41) is 18.9. The van der Waals surface area contributed by atoms with Crippen LogP contribution in [0.1, 0.15) is 188 Å². The zero-order valence-corrected chi connectivity index (χ0v) is 69.7. The molecule has 0 saturated heterocycles. The molecule has 0 radical (unpaired) electrons. The van der Waals surface area contributed by atoms with Gasteiger partial charge in [-0.3, -0.25) is 67.4 Å². The summed E-state index contributed by atoms with van der Waals surface area (Å²) in [4.78, 5) is 175. The molecule has 40 heteroatoms. The van der Waals surface area contributed by atoms with Gasteiger partial charge in [0.05, 0.1) is 37.7 Å². The van der Waals surface area contributed by atoms with E-state index in [1.54, 1.807) is 61.5 Å². The van der Waals surface area contributed by atoms with Crippen molar-refractivity contribution in [3.63, 3.8) is 0 Å². The number of ketones is 4. The monoisotopic (exact) mass is 1810 g/mol. The molecule has 12 rings (SSSR count). The third-order valence-corrected chi connectivity index (χ3v) is 18.1. The molecule has 8 heterocycles. The number of aliphatic hydroxyl groups excluding tert-OH is 2. The average Bonchev–Trinajstić information content (AvgIpc) is 0.769. The van der Waals surface area contributed by atoms with Gasteiger partial charge in [-0.2, -0.15) is 36.3 Å². The summed E-state index contributed by atoms with van der Waals surface area (Å²) in [5.74, 6) is -8.84. The average molecular weight is 1820 g/mol. The summed E-state index contributed by atoms with van der Waals surface area (Å²) in [7, 11) is 0. The Bertz CT molecular complexity index is 6150. The maximum Gasteiger partial charge on any atom is 0.329 e. The van der Waals surface area contributed by atoms with Crippen LogP contribution in [-0.2, 0) is 26.3 Å². The second-order valence-corrected chi connectivity index (χ2v) is 30.2. The van der Waals surface area contributed by atoms with E-state index in [4.69, 9.17) is 103 Å². The number of pyridine rings is 4. The molecular formula is C80H66Cl8F6N12O14. The van der Waals surface area contributed by atoms with Crippen LogP contribution in [0.15, 0.2) is 172 Å². The first-order valence-corrected chi connectivity index (χ1v) is 38.0. The number of benzene rings is 4. The van der Waals surface area contributed by atoms with Crippen LogP contribution < -0.4 is 45.0 Å². The molecule has 12 aromatic rings. The van der Waals surface area contributed by atoms with Crippen LogP contribution in [-0.4, -0.2) is 92.3 Å². The molecule has 0 saturated carbocycles. The number of halogens is 14. The number of hydrogen-bond acceptors (Lipinski definition) is 18. The molecule has 8 aromatic heterocycles. The van der Waals surface area contributed by atoms with Gasteiger partial charge in [-0.1, -0.05) is 148 Å². The van der Waals surface area contributed by atoms with Crippen LogP contribution in [0, 0.1) is 35.7 Å². The molecule has 0 spiro atoms. The summed E-state index contributed by atoms with van der Waals surface area (Å²) in [5.41, 5.74) is -3.70. The van der Waals surface area contributed by atoms with Crippen molar-refractivity contribution < 1.29 is 55.7 Å². The molecule has 0 aliphatic carbocycles. The summed E-state index contributed by atoms with van der Waals surface area (Å²) in [6.07, 6.45) is 2.57. The van der Waals surface area contributed by atoms with E-state index in [1.165, 1.54) is 97.3 Å². The molecule has 0 aliphatic rings. The van der Waals surface area contributed by atoms with Gasteiger partial charge in [0.25, 0.3) is 22.2 Å². The third kappa shape index (κ3) is 26.3. The van der Waals surface area contributed by atoms with Gasteiger partial charge in [0.2, 0.25) is 58.8 Å². The fourth-order valence-electron chi connectivity index (χ4n) is 11.4. The van der Waals surface area contributed by atoms with E-state index in [0.717, 1.165) is 39.5 Å². The van der Waals surface area contributed by atoms with Crippen molar-refractivity contribution in [2.75, 3.05) is 0 Å². The lowest BCUT2D eigenvalue weighted by Crippen LogP contribution is -2.38. The van der Waals surface area contributed by atoms with Gasteiger partial charge in [0.15, 0.2) is 0 Å². The normalized spacial score (nSPS) is 10.8. The van der Waals surface area contributed by atoms with E-state index in [2.05, 4.69) is 49.8 Å². The molecule has 0 amide bonds. The summed E-state index contributed by atoms with van der Waals surface area (Å²) in [6.45, 7) is 12.8. The highest BCUT2D eigenvalue weighted by molar-refractivity contribution is 6.37. The van der Waals surface area contributed by atoms with Gasteiger partial charge < -0.3 is 20.2 Å². The van der Waals surface area contributed by atoms with E-state index in [1.807, 2.05) is 0 Å². The van der Waals surface area contributed by atoms with Gasteiger partial charge in [-0.05, 0) is 167 Å². The van der Waals surface area contributed by atoms with E-state index in [9.17, 15) is 83.9 Å². The fourth-order valence-corrected chi connectivity index (χ4v) is 13.6. The minimum atomic E-state index is -1.08. The highest BCUT2D eigenvalue weighted by atomic mass is 35.5. The quantitative estimate of drug-likeness (QED) is 0.0225. The highest BCUT2D eigenvalue weighted by Crippen LogP contribution is 2.29. The van der Waals surface area contributed by atoms with Crippen molar-refractivity contribution in [2.45, 2.75) is 105 Å². The molecule has 0 atom stereocenters. The fraction of sp³-hybridized carbons (Fsp3) is 0.200. The lowest BCUT2D eigenvalue weighted by Gasteiger charge is -2.17. The first-order valence-electron chi connectivity index (χ1n) is 34.9. The van der Waals surface area contributed by atoms with Crippen molar-refractivity contribution in [1.29, 1.82) is 0 Å². The lowest BCUT2D eigenvalue weighted by molar-refractivity contribution is 0.101. The van der Waals surface area contributed by atoms with Crippen molar-refractivity contribution in [3.8, 4) is 0 Å². The molecule has 8 N–H and O–H groups in total. The van der Waals surface area contributed by atoms with Gasteiger partial charge >= 0.3 is 22.8 Å². The molecule has 628 valence electrons. The number of H-pyrrole nitrogens is 6. The Labute approximate surface area is 713 Å². The second-order valence-electron chi connectivity index (χ2n) is 26.7. The zero-order valence-electron chi connectivity index (χ0n) is 63.6. The molecule has 120 heavy (non-hydrogen) atoms. The van der Waals surface area contributed by atoms with E-state index < -0.39 is 110 Å². The van der Waals surface area contributed by atoms with Crippen LogP contribution in [0.5, 0.6) is 0 Å². The van der Waals surface area contributed by atoms with Crippen LogP contribution in [0.3, 0.4) is 0 Å². The minimum absolute atomic E-state index is 0.0435. The molecule has 0 unspecified atom stereocenters. The van der Waals surface area contributed by atoms with Gasteiger partial charge in [-0.15, -0.1) is 0 Å². The largest absolute Gasteiger partial charge is 0.392 e. The maximum atomic E-state index is 13.5. The Kier molecular flexibility index (Phi) is 34.4. The predicted molar refractivity (Wildman–Crippen MR) is 441 cm³/mol. The van der Waals surface area contributed by atoms with E-state index >= 15 is 0 Å². The summed E-state index contributed by atoms with van der Waals surface area (Å²) >= 11 is 47.5. The summed E-state index contributed by atoms with van der Waals surface area (Å²) in [6, 6.07) is 26.3. The van der Waals surface area contributed by atoms with Gasteiger partial charge in [0, 0.05) is 97.1 Å². The Morgan fingerprint density at radius 3 is 0.875 bits per heavy atom. The molecular weight excluding hydrogens is 1750 g/mol. The topological polar surface area (TPSA) is 401 Å². The molecule has 0 bridgehead atoms. The van der Waals surface area contributed by atoms with E-state index in [0.29, 0.717) is 31.2 Å². The number of hydrogen-bond donors (Lipinski definition) is 8. The maximum absolute atomic E-state index is 13.5. The van der Waals surface area contributed by atoms with Crippen molar-refractivity contribution in [1.82, 2.24) is 59.0 Å². The number of nitrogens with one attached hydrogen (secondary N) is 6. The Morgan fingerprint density at radius 1 is 0.333 bits per heavy atom. The number of rotatable bonds is 18. The lowest BCUT2D eigenvalue weighted by atomic mass is 9.97. The van der Waals surface area contributed by atoms with Crippen LogP contribution >= 0.6 is 92.8 Å². The van der Waals surface area contributed by atoms with Crippen LogP contribution in [0.25, 0.3) is 0 Å². The summed E-state index contributed by atoms with van der Waals surface area (Å²) < 4.78 is 79.1. The van der Waals surface area contributed by atoms with Crippen molar-refractivity contribution in [2.24, 2.45) is 0 Å². The van der Waals surface area contributed by atoms with Crippen LogP contribution in [0.2, 0.25) is 40.2 Å². The predicted octanol–water partition coefficient (Wildman–Crippen LogP) is 14.7. The third-order valence-electron chi connectivity index (χ3n) is 16.4. The first kappa shape index (κ1) is 95.8. The zero-order chi connectivity index (χ0) is 89.2. The van der Waals surface area contributed by atoms with Crippen LogP contribution in [0.4, 0.5) is 26.3 Å². The number of carbonyl (C=O) groups excluding carboxylic acids is 4. The highest BCUT2D eigenvalue weighted by Gasteiger charge is 2.29. The van der Waals surface area contributed by atoms with Crippen molar-refractivity contribution in [3.05, 3.63) is 382 Å². The molecule has 0 fully saturated rings. The standard InChI is InChI=1S/C20H15Cl2F2N3O3.C20H16Cl2FN3O3.2C14H12Cl2N2O3.C6H5F2NO.C6H6FNO/c1-9(2)16-17(18(28)11-5-12(21)7-13(22)6-11)27(20(30)26-19(16)29)8-10-3-14(23)25-15(24)4-10;1-10(2)16-17(18(27)12-6-13(21)8-14(22)7-12)26(20(29)25-19(16)28)9-11-3-4-24-15(23)5-11;2*1-6(2)10-11(17-14(21)18-13(10)20)12(19)7-3-8(15)5-9(16)4-7;7-5-1-4(3-10)2-6(8)9-5;7-6-3-5(4-9)1-2-8-6/h3-7,9H,8H2,1-2H3,(H,26,29,30);3-8,10H,9H2,1-2H3,(H,25,28,29);2*3-6H,1-2H3,(H2,17,18,20,21);1-2,10H,3H2;1-3,9H,4H2. The first-order chi connectivity index (χ1) is 56.4. The van der Waals surface area contributed by atoms with E-state index in [-0.39, 0.29) is 143 Å². The van der Waals surface area contributed by atoms with Gasteiger partial charge in [0.1, 0.15) is 11.4 Å². The van der Waals surface area contributed by atoms with Gasteiger partial charge in [-0.25, -0.2) is 29.1 Å². The SMILES string of the molecule is CC(C)c1c(C(=O)c2cc(Cl)cc(Cl)c2)[nH]c(=O)[nH]c1=O.CC(C)c1c(C(=O)c2cc(Cl)cc(Cl)c2)[nH]c(=O)[nH]c1=O.CC(C)c1c(C(=O)c2cc(Cl)cc(Cl)c2)n(Cc2cc(F)nc(F)c2)c(=O)[nH]c1=O.CC(C)c1c(C(=O)c2cc(Cl)cc(Cl)c2)n(Cc2ccnc(F)c2)c(=O)[nH]c1=O.OCc1cc(F)nc(F)c1.OCc1ccnc(F)c1. The molecule has 0 aliphatic heterocycles. The minimum Gasteiger partial charge on any atom is -0.392 e. The number of aromatic nitrogens is 12. The Hall–Kier alpha value is -11.3. The number of aliphatic hydroxyl groups is 2. The number of aromatic amines is 6. The van der Waals surface area contributed by atoms with Crippen molar-refractivity contribution >= 4 is 116 Å². The molecule has 4 aromatic carbocycles. The Morgan fingerprint density at radius 2 is 0.592 bits per heavy atom. The smallest absolute Gasteiger partial charge is 0.329 e. The Balaban J connectivity index is 0.000000207. The number of carbonyl (C=O) groups is 4. The number of nitrogens with zero attached hydrogens (tertiary/aromatic N) is 6.